The number of hydrazine groups is 1. The second-order valence-corrected chi connectivity index (χ2v) is 3.68. The van der Waals surface area contributed by atoms with Crippen LogP contribution in [0.4, 0.5) is 11.9 Å². The van der Waals surface area contributed by atoms with Gasteiger partial charge in [-0.25, -0.2) is 10.5 Å². The van der Waals surface area contributed by atoms with Gasteiger partial charge in [-0.15, -0.1) is 0 Å². The molecule has 106 valence electrons. The van der Waals surface area contributed by atoms with E-state index in [-0.39, 0.29) is 24.4 Å². The molecule has 2 aromatic heterocycles. The molecule has 0 spiro atoms. The van der Waals surface area contributed by atoms with Crippen molar-refractivity contribution in [2.24, 2.45) is 11.6 Å². The van der Waals surface area contributed by atoms with Gasteiger partial charge < -0.3 is 16.2 Å². The van der Waals surface area contributed by atoms with E-state index in [4.69, 9.17) is 11.6 Å². The number of aliphatic hydroxyl groups is 1. The van der Waals surface area contributed by atoms with E-state index in [1.54, 1.807) is 18.5 Å². The lowest BCUT2D eigenvalue weighted by Crippen LogP contribution is -2.34. The van der Waals surface area contributed by atoms with Crippen LogP contribution in [0.5, 0.6) is 0 Å². The molecule has 0 aliphatic rings. The van der Waals surface area contributed by atoms with Crippen molar-refractivity contribution in [1.29, 1.82) is 0 Å². The Morgan fingerprint density at radius 3 is 2.75 bits per heavy atom. The Morgan fingerprint density at radius 1 is 1.40 bits per heavy atom. The molecule has 0 saturated heterocycles. The number of carbonyl (C=O) groups is 1. The minimum absolute atomic E-state index is 0.0987. The van der Waals surface area contributed by atoms with Gasteiger partial charge in [0.05, 0.1) is 6.54 Å². The predicted molar refractivity (Wildman–Crippen MR) is 68.5 cm³/mol. The van der Waals surface area contributed by atoms with E-state index in [1.807, 2.05) is 0 Å². The lowest BCUT2D eigenvalue weighted by Gasteiger charge is -2.10. The number of nitrogens with zero attached hydrogens (tertiary/aromatic N) is 5. The fourth-order valence-electron chi connectivity index (χ4n) is 1.29. The van der Waals surface area contributed by atoms with Gasteiger partial charge >= 0.3 is 0 Å². The Morgan fingerprint density at radius 2 is 2.15 bits per heavy atom. The topological polar surface area (TPSA) is 170 Å². The second kappa shape index (κ2) is 5.90. The molecule has 2 aromatic rings. The highest BCUT2D eigenvalue weighted by molar-refractivity contribution is 5.79. The number of carbonyl (C=O) groups excluding carboxylic acids is 1. The molecule has 0 fully saturated rings. The number of hydrogen-bond donors (Lipinski definition) is 5. The number of aromatic nitrogens is 5. The monoisotopic (exact) mass is 279 g/mol. The molecule has 2 rings (SSSR count). The molecule has 20 heavy (non-hydrogen) atoms. The lowest BCUT2D eigenvalue weighted by molar-refractivity contribution is -0.125. The normalized spacial score (nSPS) is 11.9. The quantitative estimate of drug-likeness (QED) is 0.285. The van der Waals surface area contributed by atoms with Crippen LogP contribution >= 0.6 is 0 Å². The first-order valence-corrected chi connectivity index (χ1v) is 5.54. The summed E-state index contributed by atoms with van der Waals surface area (Å²) in [5, 5.41) is 15.9. The maximum atomic E-state index is 10.7. The van der Waals surface area contributed by atoms with E-state index in [1.165, 1.54) is 4.68 Å². The molecule has 0 aliphatic heterocycles. The highest BCUT2D eigenvalue weighted by Gasteiger charge is 2.13. The van der Waals surface area contributed by atoms with Gasteiger partial charge in [0.15, 0.2) is 0 Å². The number of nitrogens with one attached hydrogen (secondary N) is 2. The van der Waals surface area contributed by atoms with E-state index in [2.05, 4.69) is 30.8 Å². The molecule has 1 atom stereocenters. The molecule has 0 aliphatic carbocycles. The van der Waals surface area contributed by atoms with Crippen LogP contribution in [0.3, 0.4) is 0 Å². The van der Waals surface area contributed by atoms with Gasteiger partial charge in [0.25, 0.3) is 5.95 Å². The summed E-state index contributed by atoms with van der Waals surface area (Å²) < 4.78 is 1.40. The molecule has 0 saturated carbocycles. The van der Waals surface area contributed by atoms with Crippen LogP contribution < -0.4 is 22.3 Å². The standard InChI is InChI=1S/C9H13N9O2/c10-6(20)5(19)4-12-7-14-8(17-11)16-9(15-7)18-3-1-2-13-18/h1-3,5,19H,4,11H2,(H2,10,20)(H2,12,14,15,16,17). The number of amides is 1. The number of aliphatic hydroxyl groups excluding tert-OH is 1. The van der Waals surface area contributed by atoms with Gasteiger partial charge in [-0.1, -0.05) is 0 Å². The third-order valence-corrected chi connectivity index (χ3v) is 2.24. The van der Waals surface area contributed by atoms with Crippen molar-refractivity contribution in [1.82, 2.24) is 24.7 Å². The zero-order valence-corrected chi connectivity index (χ0v) is 10.3. The number of anilines is 2. The summed E-state index contributed by atoms with van der Waals surface area (Å²) in [5.74, 6) is 4.84. The van der Waals surface area contributed by atoms with Crippen LogP contribution in [0.15, 0.2) is 18.5 Å². The van der Waals surface area contributed by atoms with E-state index in [9.17, 15) is 9.90 Å². The molecule has 2 heterocycles. The van der Waals surface area contributed by atoms with Crippen molar-refractivity contribution in [3.8, 4) is 5.95 Å². The zero-order chi connectivity index (χ0) is 14.5. The Kier molecular flexibility index (Phi) is 4.02. The maximum absolute atomic E-state index is 10.7. The van der Waals surface area contributed by atoms with Crippen LogP contribution in [-0.4, -0.2) is 48.4 Å². The average molecular weight is 279 g/mol. The Labute approximate surface area is 113 Å². The van der Waals surface area contributed by atoms with Gasteiger partial charge in [0.1, 0.15) is 6.10 Å². The van der Waals surface area contributed by atoms with Crippen molar-refractivity contribution in [3.63, 3.8) is 0 Å². The van der Waals surface area contributed by atoms with Crippen LogP contribution in [-0.2, 0) is 4.79 Å². The number of rotatable bonds is 6. The fourth-order valence-corrected chi connectivity index (χ4v) is 1.29. The SMILES string of the molecule is NNc1nc(NCC(O)C(N)=O)nc(-n2cccn2)n1. The molecule has 0 aromatic carbocycles. The third-order valence-electron chi connectivity index (χ3n) is 2.24. The fraction of sp³-hybridized carbons (Fsp3) is 0.222. The minimum atomic E-state index is -1.35. The molecule has 11 nitrogen and oxygen atoms in total. The van der Waals surface area contributed by atoms with E-state index < -0.39 is 12.0 Å². The van der Waals surface area contributed by atoms with Gasteiger partial charge in [0.2, 0.25) is 17.8 Å². The molecule has 1 amide bonds. The summed E-state index contributed by atoms with van der Waals surface area (Å²) >= 11 is 0. The maximum Gasteiger partial charge on any atom is 0.257 e. The smallest absolute Gasteiger partial charge is 0.257 e. The Hall–Kier alpha value is -2.79. The first-order chi connectivity index (χ1) is 9.60. The van der Waals surface area contributed by atoms with Gasteiger partial charge in [0, 0.05) is 12.4 Å². The van der Waals surface area contributed by atoms with Crippen LogP contribution in [0.1, 0.15) is 0 Å². The zero-order valence-electron chi connectivity index (χ0n) is 10.3. The predicted octanol–water partition coefficient (Wildman–Crippen LogP) is -2.40. The Balaban J connectivity index is 2.20. The lowest BCUT2D eigenvalue weighted by atomic mass is 10.3. The van der Waals surface area contributed by atoms with Crippen molar-refractivity contribution in [2.45, 2.75) is 6.10 Å². The highest BCUT2D eigenvalue weighted by atomic mass is 16.3. The summed E-state index contributed by atoms with van der Waals surface area (Å²) in [6.07, 6.45) is 1.84. The molecule has 11 heteroatoms. The molecule has 7 N–H and O–H groups in total. The van der Waals surface area contributed by atoms with Crippen LogP contribution in [0.2, 0.25) is 0 Å². The molecule has 0 bridgehead atoms. The number of primary amides is 1. The Bertz CT molecular complexity index is 585. The highest BCUT2D eigenvalue weighted by Crippen LogP contribution is 2.07. The van der Waals surface area contributed by atoms with Gasteiger partial charge in [-0.2, -0.15) is 20.1 Å². The average Bonchev–Trinajstić information content (AvgIpc) is 2.98. The van der Waals surface area contributed by atoms with Crippen molar-refractivity contribution >= 4 is 17.8 Å². The molecular formula is C9H13N9O2. The molecular weight excluding hydrogens is 266 g/mol. The number of nitrogens with two attached hydrogens (primary N) is 2. The first kappa shape index (κ1) is 13.6. The summed E-state index contributed by atoms with van der Waals surface area (Å²) in [4.78, 5) is 22.7. The second-order valence-electron chi connectivity index (χ2n) is 3.68. The summed E-state index contributed by atoms with van der Waals surface area (Å²) in [6.45, 7) is -0.137. The van der Waals surface area contributed by atoms with Crippen LogP contribution in [0, 0.1) is 0 Å². The van der Waals surface area contributed by atoms with Crippen molar-refractivity contribution in [2.75, 3.05) is 17.3 Å². The molecule has 0 radical (unpaired) electrons. The van der Waals surface area contributed by atoms with Crippen molar-refractivity contribution in [3.05, 3.63) is 18.5 Å². The van der Waals surface area contributed by atoms with Crippen LogP contribution in [0.25, 0.3) is 5.95 Å². The number of nitrogen functional groups attached to an aromatic ring is 1. The number of hydrogen-bond acceptors (Lipinski definition) is 9. The van der Waals surface area contributed by atoms with Gasteiger partial charge in [-0.05, 0) is 6.07 Å². The minimum Gasteiger partial charge on any atom is -0.381 e. The summed E-state index contributed by atoms with van der Waals surface area (Å²) in [7, 11) is 0. The van der Waals surface area contributed by atoms with E-state index in [0.29, 0.717) is 0 Å². The van der Waals surface area contributed by atoms with E-state index >= 15 is 0 Å². The largest absolute Gasteiger partial charge is 0.381 e. The first-order valence-electron chi connectivity index (χ1n) is 5.54. The van der Waals surface area contributed by atoms with Crippen molar-refractivity contribution < 1.29 is 9.90 Å². The summed E-state index contributed by atoms with van der Waals surface area (Å²) in [6, 6.07) is 1.70. The summed E-state index contributed by atoms with van der Waals surface area (Å²) in [5.41, 5.74) is 7.22. The third kappa shape index (κ3) is 3.15. The van der Waals surface area contributed by atoms with Gasteiger partial charge in [-0.3, -0.25) is 10.2 Å². The molecule has 1 unspecified atom stereocenters. The van der Waals surface area contributed by atoms with E-state index in [0.717, 1.165) is 0 Å².